The Balaban J connectivity index is 0.000000267. The van der Waals surface area contributed by atoms with Gasteiger partial charge in [0.2, 0.25) is 23.6 Å². The van der Waals surface area contributed by atoms with Crippen LogP contribution in [0.3, 0.4) is 0 Å². The molecule has 5 amide bonds. The van der Waals surface area contributed by atoms with Crippen LogP contribution in [0, 0.1) is 33.8 Å². The van der Waals surface area contributed by atoms with E-state index >= 15 is 0 Å². The van der Waals surface area contributed by atoms with Gasteiger partial charge in [0, 0.05) is 43.2 Å². The largest absolute Gasteiger partial charge is 0.461 e. The highest BCUT2D eigenvalue weighted by Crippen LogP contribution is 2.39. The van der Waals surface area contributed by atoms with Crippen LogP contribution in [0.1, 0.15) is 166 Å². The van der Waals surface area contributed by atoms with Gasteiger partial charge in [0.15, 0.2) is 17.6 Å². The van der Waals surface area contributed by atoms with Gasteiger partial charge in [-0.25, -0.2) is 9.59 Å². The van der Waals surface area contributed by atoms with Crippen molar-refractivity contribution in [1.29, 1.82) is 0 Å². The summed E-state index contributed by atoms with van der Waals surface area (Å²) in [5.41, 5.74) is 9.23. The van der Waals surface area contributed by atoms with Gasteiger partial charge in [-0.2, -0.15) is 0 Å². The average Bonchev–Trinajstić information content (AvgIpc) is 0.758. The molecule has 24 nitrogen and oxygen atoms in total. The zero-order chi connectivity index (χ0) is 89.0. The third-order valence-corrected chi connectivity index (χ3v) is 20.2. The quantitative estimate of drug-likeness (QED) is 0.00902. The van der Waals surface area contributed by atoms with Crippen LogP contribution in [0.5, 0.6) is 5.75 Å². The first-order chi connectivity index (χ1) is 58.2. The molecule has 9 aromatic carbocycles. The van der Waals surface area contributed by atoms with E-state index in [4.69, 9.17) is 29.4 Å². The first-order valence-corrected chi connectivity index (χ1v) is 41.0. The van der Waals surface area contributed by atoms with Crippen LogP contribution in [0.15, 0.2) is 267 Å². The molecular weight excluding hydrogens is 1550 g/mol. The van der Waals surface area contributed by atoms with Crippen LogP contribution >= 0.6 is 0 Å². The number of carbonyl (C=O) groups is 10. The highest BCUT2D eigenvalue weighted by Gasteiger charge is 2.42. The van der Waals surface area contributed by atoms with Gasteiger partial charge in [-0.3, -0.25) is 48.5 Å². The second-order valence-corrected chi connectivity index (χ2v) is 31.9. The number of nitrogens with two attached hydrogens (primary N) is 1. The van der Waals surface area contributed by atoms with Gasteiger partial charge in [0.25, 0.3) is 5.69 Å². The molecule has 2 unspecified atom stereocenters. The number of amides is 5. The van der Waals surface area contributed by atoms with Crippen molar-refractivity contribution in [2.75, 3.05) is 13.1 Å². The molecule has 24 heteroatoms. The predicted octanol–water partition coefficient (Wildman–Crippen LogP) is 15.3. The van der Waals surface area contributed by atoms with E-state index in [2.05, 4.69) is 26.6 Å². The van der Waals surface area contributed by atoms with Crippen molar-refractivity contribution in [3.05, 3.63) is 322 Å². The van der Waals surface area contributed by atoms with Gasteiger partial charge in [0.05, 0.1) is 65.7 Å². The molecule has 0 fully saturated rings. The van der Waals surface area contributed by atoms with Gasteiger partial charge in [-0.05, 0) is 125 Å². The number of nitro groups is 1. The summed E-state index contributed by atoms with van der Waals surface area (Å²) in [6.07, 6.45) is -2.24. The Morgan fingerprint density at radius 1 is 0.418 bits per heavy atom. The summed E-state index contributed by atoms with van der Waals surface area (Å²) in [6, 6.07) is 79.0. The standard InChI is InChI=1S/C47H56N2O7.C29H33N3O3.C22H26N2O7/c1-7-33(2)42(51)31-48-44(53)36(28-40(50)30-41(34(3)56-46(4,5)6)45(54)55-32-35-20-12-8-13-21-35)29-43(52)49-47(37-22-14-9-15-23-37,38-24-16-10-17-25-38)39-26-18-11-19-27-39;1-3-21(2)26(33)20-31-28(35)25(30)19-27(34)32-29(22-13-7-4-8-14-22,23-15-9-5-10-16-23)24-17-11-6-12-18-24;1-15(31-22(2,3)4)19(20(25)29-14-16-8-6-5-7-9-16)23-21(26)30-18-12-10-17(11-13-18)24(27)28/h8-27,33-34,36,41H,7,28-32H2,1-6H3,(H,48,53)(H,49,52);4-18,21,25H,3,19-20,30H2,1-2H3,(H,31,35)(H,32,34);5-13,15,19H,14H2,1-4H3,(H,23,26)/t33-,34?,36-,41-;21-,25-;15?,19-/m000/s1. The highest BCUT2D eigenvalue weighted by atomic mass is 16.6. The van der Waals surface area contributed by atoms with E-state index in [-0.39, 0.29) is 92.7 Å². The van der Waals surface area contributed by atoms with E-state index in [1.165, 1.54) is 24.3 Å². The Hall–Kier alpha value is -12.6. The maximum Gasteiger partial charge on any atom is 0.413 e. The number of hydrogen-bond acceptors (Lipinski definition) is 18. The number of nitrogens with one attached hydrogen (secondary N) is 5. The van der Waals surface area contributed by atoms with Crippen molar-refractivity contribution in [2.45, 2.75) is 181 Å². The van der Waals surface area contributed by atoms with E-state index in [1.54, 1.807) is 20.8 Å². The molecular formula is C98H115N7O17. The first kappa shape index (κ1) is 96.5. The highest BCUT2D eigenvalue weighted by molar-refractivity contribution is 5.95. The second-order valence-electron chi connectivity index (χ2n) is 31.9. The molecule has 7 N–H and O–H groups in total. The first-order valence-electron chi connectivity index (χ1n) is 41.0. The normalized spacial score (nSPS) is 13.3. The Bertz CT molecular complexity index is 4630. The molecule has 0 spiro atoms. The summed E-state index contributed by atoms with van der Waals surface area (Å²) in [4.78, 5) is 142. The molecule has 0 saturated heterocycles. The van der Waals surface area contributed by atoms with Crippen molar-refractivity contribution >= 4 is 64.7 Å². The van der Waals surface area contributed by atoms with Crippen LogP contribution in [0.2, 0.25) is 0 Å². The van der Waals surface area contributed by atoms with Gasteiger partial charge in [0.1, 0.15) is 35.8 Å². The monoisotopic (exact) mass is 1660 g/mol. The Morgan fingerprint density at radius 3 is 1.11 bits per heavy atom. The molecule has 0 radical (unpaired) electrons. The van der Waals surface area contributed by atoms with E-state index in [0.717, 1.165) is 44.5 Å². The number of non-ortho nitro benzene ring substituents is 1. The topological polar surface area (TPSA) is 346 Å². The molecule has 0 heterocycles. The van der Waals surface area contributed by atoms with Gasteiger partial charge < -0.3 is 56.0 Å². The Morgan fingerprint density at radius 2 is 0.754 bits per heavy atom. The molecule has 0 aliphatic heterocycles. The van der Waals surface area contributed by atoms with Crippen molar-refractivity contribution < 1.29 is 76.6 Å². The molecule has 9 rings (SSSR count). The summed E-state index contributed by atoms with van der Waals surface area (Å²) >= 11 is 0. The summed E-state index contributed by atoms with van der Waals surface area (Å²) in [5, 5.41) is 24.9. The smallest absolute Gasteiger partial charge is 0.413 e. The molecule has 9 aromatic rings. The molecule has 0 aliphatic carbocycles. The van der Waals surface area contributed by atoms with E-state index < -0.39 is 105 Å². The molecule has 0 aliphatic rings. The minimum atomic E-state index is -1.15. The SMILES string of the molecule is CC(OC(C)(C)C)[C@H](NC(=O)Oc1ccc([N+](=O)[O-])cc1)C(=O)OCc1ccccc1.CC[C@H](C)C(=O)CNC(=O)[C@@H](CC(=O)C[C@H](C(=O)OCc1ccccc1)C(C)OC(C)(C)C)CC(=O)NC(c1ccccc1)(c1ccccc1)c1ccccc1.CC[C@H](C)C(=O)CNC(=O)[C@@H](N)CC(=O)NC(c1ccccc1)(c1ccccc1)c1ccccc1. The number of rotatable bonds is 39. The van der Waals surface area contributed by atoms with Crippen LogP contribution in [-0.2, 0) is 86.4 Å². The number of ether oxygens (including phenoxy) is 5. The van der Waals surface area contributed by atoms with Gasteiger partial charge in [-0.1, -0.05) is 270 Å². The maximum atomic E-state index is 14.4. The number of Topliss-reactive ketones (excluding diaryl/α,β-unsaturated/α-hetero) is 3. The lowest BCUT2D eigenvalue weighted by molar-refractivity contribution is -0.384. The van der Waals surface area contributed by atoms with Crippen LogP contribution < -0.4 is 37.1 Å². The van der Waals surface area contributed by atoms with Crippen LogP contribution in [0.4, 0.5) is 10.5 Å². The van der Waals surface area contributed by atoms with E-state index in [9.17, 15) is 58.1 Å². The fourth-order valence-corrected chi connectivity index (χ4v) is 13.5. The van der Waals surface area contributed by atoms with Crippen LogP contribution in [0.25, 0.3) is 0 Å². The summed E-state index contributed by atoms with van der Waals surface area (Å²) in [7, 11) is 0. The molecule has 122 heavy (non-hydrogen) atoms. The third kappa shape index (κ3) is 30.0. The lowest BCUT2D eigenvalue weighted by Crippen LogP contribution is -2.51. The number of hydrogen-bond donors (Lipinski definition) is 6. The number of ketones is 3. The number of carbonyl (C=O) groups excluding carboxylic acids is 10. The Labute approximate surface area is 715 Å². The molecule has 0 saturated carbocycles. The maximum absolute atomic E-state index is 14.4. The summed E-state index contributed by atoms with van der Waals surface area (Å²) < 4.78 is 28.1. The average molecular weight is 1660 g/mol. The van der Waals surface area contributed by atoms with Crippen LogP contribution in [-0.4, -0.2) is 113 Å². The second kappa shape index (κ2) is 47.4. The molecule has 0 aromatic heterocycles. The number of esters is 2. The van der Waals surface area contributed by atoms with Gasteiger partial charge in [-0.15, -0.1) is 0 Å². The number of nitro benzene ring substituents is 1. The van der Waals surface area contributed by atoms with Crippen molar-refractivity contribution in [3.8, 4) is 5.75 Å². The summed E-state index contributed by atoms with van der Waals surface area (Å²) in [6.45, 7) is 21.6. The van der Waals surface area contributed by atoms with Crippen molar-refractivity contribution in [1.82, 2.24) is 26.6 Å². The molecule has 8 atom stereocenters. The number of benzene rings is 9. The lowest BCUT2D eigenvalue weighted by Gasteiger charge is -2.37. The molecule has 644 valence electrons. The zero-order valence-electron chi connectivity index (χ0n) is 71.6. The van der Waals surface area contributed by atoms with Gasteiger partial charge >= 0.3 is 18.0 Å². The van der Waals surface area contributed by atoms with Crippen molar-refractivity contribution in [2.24, 2.45) is 29.4 Å². The summed E-state index contributed by atoms with van der Waals surface area (Å²) in [5.74, 6) is -6.34. The molecule has 0 bridgehead atoms. The Kier molecular flexibility index (Phi) is 37.5. The van der Waals surface area contributed by atoms with Crippen molar-refractivity contribution in [3.63, 3.8) is 0 Å². The number of nitrogens with zero attached hydrogens (tertiary/aromatic N) is 1. The third-order valence-electron chi connectivity index (χ3n) is 20.2. The minimum Gasteiger partial charge on any atom is -0.461 e. The minimum absolute atomic E-state index is 0.0218. The fourth-order valence-electron chi connectivity index (χ4n) is 13.5. The lowest BCUT2D eigenvalue weighted by atomic mass is 9.76. The van der Waals surface area contributed by atoms with E-state index in [1.807, 2.05) is 305 Å². The fraction of sp³-hybridized carbons (Fsp3) is 0.347. The van der Waals surface area contributed by atoms with E-state index in [0.29, 0.717) is 12.8 Å². The predicted molar refractivity (Wildman–Crippen MR) is 467 cm³/mol. The zero-order valence-corrected chi connectivity index (χ0v) is 71.6.